The Balaban J connectivity index is 0.00000169. The smallest absolute Gasteiger partial charge is 0.222 e. The molecule has 0 radical (unpaired) electrons. The van der Waals surface area contributed by atoms with Crippen molar-refractivity contribution in [2.45, 2.75) is 24.9 Å². The minimum Gasteiger partial charge on any atom is -0.346 e. The first kappa shape index (κ1) is 23.4. The van der Waals surface area contributed by atoms with E-state index in [1.165, 1.54) is 0 Å². The highest BCUT2D eigenvalue weighted by Gasteiger charge is 2.21. The highest BCUT2D eigenvalue weighted by Crippen LogP contribution is 2.20. The highest BCUT2D eigenvalue weighted by molar-refractivity contribution is 7.99. The van der Waals surface area contributed by atoms with E-state index in [0.717, 1.165) is 47.1 Å². The highest BCUT2D eigenvalue weighted by atomic mass is 35.5. The summed E-state index contributed by atoms with van der Waals surface area (Å²) in [6, 6.07) is 8.20. The number of nitrogens with one attached hydrogen (secondary N) is 3. The molecule has 5 nitrogen and oxygen atoms in total. The third kappa shape index (κ3) is 6.53. The number of nitrogens with zero attached hydrogens (tertiary/aromatic N) is 1. The molecule has 146 valence electrons. The van der Waals surface area contributed by atoms with E-state index in [4.69, 9.17) is 0 Å². The maximum absolute atomic E-state index is 12.5. The lowest BCUT2D eigenvalue weighted by Crippen LogP contribution is -2.42. The van der Waals surface area contributed by atoms with E-state index in [9.17, 15) is 4.79 Å². The van der Waals surface area contributed by atoms with Gasteiger partial charge in [0.25, 0.3) is 0 Å². The number of imidazole rings is 1. The Bertz CT molecular complexity index is 647. The molecule has 0 aliphatic carbocycles. The summed E-state index contributed by atoms with van der Waals surface area (Å²) in [5.41, 5.74) is 1.96. The molecule has 9 heteroatoms. The molecule has 26 heavy (non-hydrogen) atoms. The number of halogens is 2. The van der Waals surface area contributed by atoms with Crippen LogP contribution >= 0.6 is 48.3 Å². The number of H-pyrrole nitrogens is 1. The molecule has 1 aromatic heterocycles. The van der Waals surface area contributed by atoms with Crippen LogP contribution in [0.3, 0.4) is 0 Å². The fourth-order valence-electron chi connectivity index (χ4n) is 2.88. The van der Waals surface area contributed by atoms with Crippen molar-refractivity contribution in [3.63, 3.8) is 0 Å². The van der Waals surface area contributed by atoms with Crippen LogP contribution in [0.15, 0.2) is 24.3 Å². The van der Waals surface area contributed by atoms with Crippen molar-refractivity contribution in [3.05, 3.63) is 30.1 Å². The van der Waals surface area contributed by atoms with E-state index in [-0.39, 0.29) is 42.8 Å². The van der Waals surface area contributed by atoms with Gasteiger partial charge in [0, 0.05) is 30.5 Å². The summed E-state index contributed by atoms with van der Waals surface area (Å²) in [5, 5.41) is 6.60. The minimum atomic E-state index is -0.0615. The third-order valence-electron chi connectivity index (χ3n) is 4.11. The molecule has 2 unspecified atom stereocenters. The van der Waals surface area contributed by atoms with E-state index in [0.29, 0.717) is 6.42 Å². The predicted octanol–water partition coefficient (Wildman–Crippen LogP) is 3.41. The van der Waals surface area contributed by atoms with Crippen LogP contribution in [0, 0.1) is 0 Å². The normalized spacial score (nSPS) is 17.8. The number of hydrogen-bond donors (Lipinski definition) is 3. The van der Waals surface area contributed by atoms with Gasteiger partial charge in [-0.3, -0.25) is 4.79 Å². The van der Waals surface area contributed by atoms with Crippen molar-refractivity contribution < 1.29 is 4.79 Å². The summed E-state index contributed by atoms with van der Waals surface area (Å²) < 4.78 is 0. The molecular weight excluding hydrogens is 411 g/mol. The zero-order chi connectivity index (χ0) is 16.8. The summed E-state index contributed by atoms with van der Waals surface area (Å²) in [4.78, 5) is 20.5. The first-order valence-corrected chi connectivity index (χ1v) is 10.8. The van der Waals surface area contributed by atoms with Crippen molar-refractivity contribution >= 4 is 65.3 Å². The molecule has 0 spiro atoms. The quantitative estimate of drug-likeness (QED) is 0.620. The number of fused-ring (bicyclic) bond motifs is 1. The molecule has 1 fully saturated rings. The summed E-state index contributed by atoms with van der Waals surface area (Å²) in [6.45, 7) is 0.988. The number of thioether (sulfide) groups is 2. The summed E-state index contributed by atoms with van der Waals surface area (Å²) in [6.07, 6.45) is 3.49. The van der Waals surface area contributed by atoms with Crippen LogP contribution in [-0.4, -0.2) is 52.0 Å². The number of carbonyl (C=O) groups excluding carboxylic acids is 1. The van der Waals surface area contributed by atoms with Gasteiger partial charge in [0.2, 0.25) is 5.91 Å². The van der Waals surface area contributed by atoms with Gasteiger partial charge in [-0.15, -0.1) is 24.8 Å². The van der Waals surface area contributed by atoms with Crippen molar-refractivity contribution in [2.75, 3.05) is 30.1 Å². The maximum Gasteiger partial charge on any atom is 0.222 e. The second kappa shape index (κ2) is 12.0. The average Bonchev–Trinajstić information content (AvgIpc) is 3.03. The second-order valence-electron chi connectivity index (χ2n) is 5.97. The number of benzene rings is 1. The number of para-hydroxylation sites is 2. The van der Waals surface area contributed by atoms with Gasteiger partial charge in [-0.2, -0.15) is 23.5 Å². The van der Waals surface area contributed by atoms with Crippen LogP contribution in [0.4, 0.5) is 0 Å². The van der Waals surface area contributed by atoms with E-state index in [2.05, 4.69) is 26.9 Å². The lowest BCUT2D eigenvalue weighted by atomic mass is 10.1. The van der Waals surface area contributed by atoms with E-state index < -0.39 is 0 Å². The number of aromatic nitrogens is 2. The lowest BCUT2D eigenvalue weighted by molar-refractivity contribution is -0.122. The first-order chi connectivity index (χ1) is 11.8. The SMILES string of the molecule is CSCCC(NC(=O)CC1CSCCN1)c1nc2ccccc2[nH]1.Cl.Cl. The van der Waals surface area contributed by atoms with E-state index in [1.54, 1.807) is 11.8 Å². The van der Waals surface area contributed by atoms with Gasteiger partial charge in [0.1, 0.15) is 5.82 Å². The van der Waals surface area contributed by atoms with Crippen LogP contribution in [0.25, 0.3) is 11.0 Å². The van der Waals surface area contributed by atoms with Crippen LogP contribution in [0.5, 0.6) is 0 Å². The number of amides is 1. The fraction of sp³-hybridized carbons (Fsp3) is 0.529. The molecular formula is C17H26Cl2N4OS2. The Labute approximate surface area is 175 Å². The Morgan fingerprint density at radius 3 is 2.92 bits per heavy atom. The molecule has 1 amide bonds. The Morgan fingerprint density at radius 1 is 1.42 bits per heavy atom. The zero-order valence-corrected chi connectivity index (χ0v) is 18.0. The van der Waals surface area contributed by atoms with E-state index >= 15 is 0 Å². The lowest BCUT2D eigenvalue weighted by Gasteiger charge is -2.24. The molecule has 3 N–H and O–H groups in total. The van der Waals surface area contributed by atoms with Crippen LogP contribution in [0.1, 0.15) is 24.7 Å². The van der Waals surface area contributed by atoms with E-state index in [1.807, 2.05) is 36.0 Å². The summed E-state index contributed by atoms with van der Waals surface area (Å²) >= 11 is 3.70. The number of hydrogen-bond acceptors (Lipinski definition) is 5. The molecule has 1 aromatic carbocycles. The Morgan fingerprint density at radius 2 is 2.23 bits per heavy atom. The minimum absolute atomic E-state index is 0. The van der Waals surface area contributed by atoms with Gasteiger partial charge in [0.05, 0.1) is 17.1 Å². The van der Waals surface area contributed by atoms with Gasteiger partial charge in [0.15, 0.2) is 0 Å². The zero-order valence-electron chi connectivity index (χ0n) is 14.7. The standard InChI is InChI=1S/C17H24N4OS2.2ClH/c1-23-8-6-15(17-20-13-4-2-3-5-14(13)21-17)19-16(22)10-12-11-24-9-7-18-12;;/h2-5,12,15,18H,6-11H2,1H3,(H,19,22)(H,20,21);2*1H. The predicted molar refractivity (Wildman–Crippen MR) is 118 cm³/mol. The van der Waals surface area contributed by atoms with Crippen LogP contribution in [0.2, 0.25) is 0 Å². The Kier molecular flexibility index (Phi) is 10.8. The molecule has 0 bridgehead atoms. The van der Waals surface area contributed by atoms with Gasteiger partial charge in [-0.25, -0.2) is 4.98 Å². The largest absolute Gasteiger partial charge is 0.346 e. The Hall–Kier alpha value is -0.600. The van der Waals surface area contributed by atoms with Crippen molar-refractivity contribution in [3.8, 4) is 0 Å². The second-order valence-corrected chi connectivity index (χ2v) is 8.11. The third-order valence-corrected chi connectivity index (χ3v) is 5.89. The molecule has 3 rings (SSSR count). The van der Waals surface area contributed by atoms with Gasteiger partial charge < -0.3 is 15.6 Å². The summed E-state index contributed by atoms with van der Waals surface area (Å²) in [7, 11) is 0. The monoisotopic (exact) mass is 436 g/mol. The molecule has 1 aliphatic rings. The van der Waals surface area contributed by atoms with Crippen molar-refractivity contribution in [1.82, 2.24) is 20.6 Å². The molecule has 1 saturated heterocycles. The van der Waals surface area contributed by atoms with Gasteiger partial charge >= 0.3 is 0 Å². The summed E-state index contributed by atoms with van der Waals surface area (Å²) in [5.74, 6) is 4.08. The van der Waals surface area contributed by atoms with Crippen molar-refractivity contribution in [1.29, 1.82) is 0 Å². The number of carbonyl (C=O) groups is 1. The van der Waals surface area contributed by atoms with Gasteiger partial charge in [-0.1, -0.05) is 12.1 Å². The average molecular weight is 437 g/mol. The van der Waals surface area contributed by atoms with Crippen LogP contribution in [-0.2, 0) is 4.79 Å². The number of aromatic amines is 1. The molecule has 2 atom stereocenters. The van der Waals surface area contributed by atoms with Crippen molar-refractivity contribution in [2.24, 2.45) is 0 Å². The first-order valence-electron chi connectivity index (χ1n) is 8.30. The number of rotatable bonds is 7. The van der Waals surface area contributed by atoms with Gasteiger partial charge in [-0.05, 0) is 30.6 Å². The molecule has 2 aromatic rings. The fourth-order valence-corrected chi connectivity index (χ4v) is 4.30. The maximum atomic E-state index is 12.5. The van der Waals surface area contributed by atoms with Crippen LogP contribution < -0.4 is 10.6 Å². The molecule has 2 heterocycles. The molecule has 1 aliphatic heterocycles. The topological polar surface area (TPSA) is 69.8 Å². The molecule has 0 saturated carbocycles.